The van der Waals surface area contributed by atoms with Crippen molar-refractivity contribution < 1.29 is 0 Å². The van der Waals surface area contributed by atoms with Crippen LogP contribution in [-0.2, 0) is 13.6 Å². The van der Waals surface area contributed by atoms with Crippen LogP contribution < -0.4 is 4.90 Å². The molecular formula is C23H28Cl2N8. The van der Waals surface area contributed by atoms with Crippen molar-refractivity contribution in [1.82, 2.24) is 24.6 Å². The summed E-state index contributed by atoms with van der Waals surface area (Å²) < 4.78 is 1.82. The molecule has 0 radical (unpaired) electrons. The lowest BCUT2D eigenvalue weighted by Crippen LogP contribution is -2.46. The van der Waals surface area contributed by atoms with Gasteiger partial charge in [0, 0.05) is 31.2 Å². The number of fused-ring (bicyclic) bond motifs is 1. The van der Waals surface area contributed by atoms with Gasteiger partial charge in [0.1, 0.15) is 10.3 Å². The van der Waals surface area contributed by atoms with E-state index in [1.54, 1.807) is 17.0 Å². The quantitative estimate of drug-likeness (QED) is 0.211. The number of halogens is 2. The van der Waals surface area contributed by atoms with Crippen molar-refractivity contribution in [3.63, 3.8) is 0 Å². The number of nitrogens with zero attached hydrogens (tertiary/aromatic N) is 8. The third-order valence-electron chi connectivity index (χ3n) is 5.47. The summed E-state index contributed by atoms with van der Waals surface area (Å²) in [7, 11) is 3.72. The molecule has 3 heterocycles. The number of hydrogen-bond acceptors (Lipinski definition) is 5. The molecule has 33 heavy (non-hydrogen) atoms. The fourth-order valence-corrected chi connectivity index (χ4v) is 4.31. The summed E-state index contributed by atoms with van der Waals surface area (Å²) in [6, 6.07) is 5.51. The van der Waals surface area contributed by atoms with E-state index in [1.807, 2.05) is 50.6 Å². The summed E-state index contributed by atoms with van der Waals surface area (Å²) in [5.41, 5.74) is 4.55. The number of rotatable bonds is 5. The topological polar surface area (TPSA) is 86.2 Å². The molecule has 0 fully saturated rings. The molecule has 0 N–H and O–H groups in total. The maximum atomic E-state index is 9.45. The van der Waals surface area contributed by atoms with E-state index in [4.69, 9.17) is 28.2 Å². The van der Waals surface area contributed by atoms with E-state index in [-0.39, 0.29) is 16.3 Å². The first-order valence-electron chi connectivity index (χ1n) is 10.7. The molecule has 0 saturated heterocycles. The number of guanidine groups is 1. The number of aryl methyl sites for hydroxylation is 2. The highest BCUT2D eigenvalue weighted by Crippen LogP contribution is 2.29. The van der Waals surface area contributed by atoms with E-state index in [1.165, 1.54) is 5.56 Å². The van der Waals surface area contributed by atoms with E-state index in [0.717, 1.165) is 22.4 Å². The second-order valence-electron chi connectivity index (χ2n) is 8.53. The Morgan fingerprint density at radius 3 is 2.33 bits per heavy atom. The first kappa shape index (κ1) is 24.7. The first-order chi connectivity index (χ1) is 15.5. The van der Waals surface area contributed by atoms with Crippen LogP contribution in [0.3, 0.4) is 0 Å². The van der Waals surface area contributed by atoms with E-state index in [2.05, 4.69) is 35.0 Å². The van der Waals surface area contributed by atoms with Crippen LogP contribution in [0, 0.1) is 18.4 Å². The van der Waals surface area contributed by atoms with Gasteiger partial charge in [0.25, 0.3) is 0 Å². The minimum Gasteiger partial charge on any atom is -0.333 e. The lowest BCUT2D eigenvalue weighted by atomic mass is 9.98. The number of aromatic nitrogens is 4. The predicted octanol–water partition coefficient (Wildman–Crippen LogP) is 5.29. The molecular weight excluding hydrogens is 459 g/mol. The zero-order chi connectivity index (χ0) is 24.4. The zero-order valence-corrected chi connectivity index (χ0v) is 21.4. The molecule has 0 aliphatic heterocycles. The molecule has 0 bridgehead atoms. The van der Waals surface area contributed by atoms with E-state index >= 15 is 0 Å². The number of aliphatic imine (C=N–C) groups is 1. The van der Waals surface area contributed by atoms with Crippen molar-refractivity contribution in [2.45, 2.75) is 53.1 Å². The SMILES string of the molecule is Cc1nn(C)c2nc(CN(/C(=N/C#N)N(C)c3cc(Cl)nc(Cl)c3)C(C)C)cc(C(C)C)c12. The highest BCUT2D eigenvalue weighted by Gasteiger charge is 2.24. The second-order valence-corrected chi connectivity index (χ2v) is 9.30. The Morgan fingerprint density at radius 1 is 1.15 bits per heavy atom. The Kier molecular flexibility index (Phi) is 7.45. The Hall–Kier alpha value is -2.89. The average molecular weight is 487 g/mol. The van der Waals surface area contributed by atoms with Crippen LogP contribution in [0.15, 0.2) is 23.2 Å². The normalized spacial score (nSPS) is 12.0. The third kappa shape index (κ3) is 5.21. The minimum atomic E-state index is 0.0283. The van der Waals surface area contributed by atoms with Gasteiger partial charge in [-0.05, 0) is 50.5 Å². The molecule has 3 aromatic rings. The van der Waals surface area contributed by atoms with Crippen LogP contribution in [0.1, 0.15) is 50.6 Å². The molecule has 3 aromatic heterocycles. The Labute approximate surface area is 204 Å². The van der Waals surface area contributed by atoms with Gasteiger partial charge in [-0.1, -0.05) is 37.0 Å². The van der Waals surface area contributed by atoms with Gasteiger partial charge >= 0.3 is 0 Å². The van der Waals surface area contributed by atoms with Crippen molar-refractivity contribution in [2.24, 2.45) is 12.0 Å². The summed E-state index contributed by atoms with van der Waals surface area (Å²) in [6.07, 6.45) is 1.93. The molecule has 8 nitrogen and oxygen atoms in total. The van der Waals surface area contributed by atoms with Crippen LogP contribution in [-0.4, -0.2) is 43.7 Å². The molecule has 0 spiro atoms. The summed E-state index contributed by atoms with van der Waals surface area (Å²) >= 11 is 12.2. The summed E-state index contributed by atoms with van der Waals surface area (Å²) in [5, 5.41) is 15.6. The standard InChI is InChI=1S/C23H28Cl2N8/c1-13(2)18-8-16(28-22-21(18)15(5)30-32(22)7)11-33(14(3)4)23(27-12-26)31(6)17-9-19(24)29-20(25)10-17/h8-10,13-14H,11H2,1-7H3/b27-23+. The highest BCUT2D eigenvalue weighted by atomic mass is 35.5. The van der Waals surface area contributed by atoms with Gasteiger partial charge in [0.05, 0.1) is 17.9 Å². The molecule has 0 amide bonds. The molecule has 0 aromatic carbocycles. The smallest absolute Gasteiger partial charge is 0.217 e. The lowest BCUT2D eigenvalue weighted by Gasteiger charge is -2.34. The fraction of sp³-hybridized carbons (Fsp3) is 0.435. The lowest BCUT2D eigenvalue weighted by molar-refractivity contribution is 0.334. The van der Waals surface area contributed by atoms with Gasteiger partial charge in [-0.2, -0.15) is 10.4 Å². The Balaban J connectivity index is 2.08. The summed E-state index contributed by atoms with van der Waals surface area (Å²) in [6.45, 7) is 10.9. The molecule has 0 aliphatic carbocycles. The molecule has 10 heteroatoms. The van der Waals surface area contributed by atoms with Gasteiger partial charge < -0.3 is 9.80 Å². The summed E-state index contributed by atoms with van der Waals surface area (Å²) in [5.74, 6) is 0.765. The van der Waals surface area contributed by atoms with E-state index in [0.29, 0.717) is 24.1 Å². The number of anilines is 1. The number of nitriles is 1. The number of pyridine rings is 2. The average Bonchev–Trinajstić information content (AvgIpc) is 3.02. The van der Waals surface area contributed by atoms with Crippen molar-refractivity contribution in [3.8, 4) is 6.19 Å². The van der Waals surface area contributed by atoms with Crippen LogP contribution >= 0.6 is 23.2 Å². The molecule has 0 saturated carbocycles. The van der Waals surface area contributed by atoms with E-state index < -0.39 is 0 Å². The van der Waals surface area contributed by atoms with Crippen molar-refractivity contribution in [1.29, 1.82) is 5.26 Å². The molecule has 0 atom stereocenters. The van der Waals surface area contributed by atoms with E-state index in [9.17, 15) is 5.26 Å². The van der Waals surface area contributed by atoms with Gasteiger partial charge in [0.2, 0.25) is 12.2 Å². The molecule has 0 unspecified atom stereocenters. The van der Waals surface area contributed by atoms with Crippen molar-refractivity contribution >= 4 is 45.9 Å². The van der Waals surface area contributed by atoms with Gasteiger partial charge in [-0.25, -0.2) is 9.97 Å². The summed E-state index contributed by atoms with van der Waals surface area (Å²) in [4.78, 5) is 16.9. The Bertz CT molecular complexity index is 1220. The third-order valence-corrected chi connectivity index (χ3v) is 5.86. The van der Waals surface area contributed by atoms with Crippen LogP contribution in [0.4, 0.5) is 5.69 Å². The van der Waals surface area contributed by atoms with Crippen LogP contribution in [0.5, 0.6) is 0 Å². The van der Waals surface area contributed by atoms with Crippen molar-refractivity contribution in [3.05, 3.63) is 45.5 Å². The maximum absolute atomic E-state index is 9.45. The maximum Gasteiger partial charge on any atom is 0.217 e. The first-order valence-corrected chi connectivity index (χ1v) is 11.4. The monoisotopic (exact) mass is 486 g/mol. The zero-order valence-electron chi connectivity index (χ0n) is 19.9. The van der Waals surface area contributed by atoms with Gasteiger partial charge in [-0.15, -0.1) is 4.99 Å². The second kappa shape index (κ2) is 9.94. The predicted molar refractivity (Wildman–Crippen MR) is 134 cm³/mol. The van der Waals surface area contributed by atoms with Gasteiger partial charge in [-0.3, -0.25) is 4.68 Å². The van der Waals surface area contributed by atoms with Crippen LogP contribution in [0.25, 0.3) is 11.0 Å². The van der Waals surface area contributed by atoms with Crippen molar-refractivity contribution in [2.75, 3.05) is 11.9 Å². The number of hydrogen-bond donors (Lipinski definition) is 0. The molecule has 174 valence electrons. The molecule has 3 rings (SSSR count). The minimum absolute atomic E-state index is 0.0283. The molecule has 0 aliphatic rings. The fourth-order valence-electron chi connectivity index (χ4n) is 3.87. The van der Waals surface area contributed by atoms with Crippen LogP contribution in [0.2, 0.25) is 10.3 Å². The highest BCUT2D eigenvalue weighted by molar-refractivity contribution is 6.33. The Morgan fingerprint density at radius 2 is 1.79 bits per heavy atom. The largest absolute Gasteiger partial charge is 0.333 e. The van der Waals surface area contributed by atoms with Gasteiger partial charge in [0.15, 0.2) is 5.65 Å².